The van der Waals surface area contributed by atoms with Crippen LogP contribution < -0.4 is 5.32 Å². The van der Waals surface area contributed by atoms with Crippen LogP contribution in [0.4, 0.5) is 11.4 Å². The molecule has 0 aliphatic heterocycles. The van der Waals surface area contributed by atoms with Crippen molar-refractivity contribution in [1.29, 1.82) is 0 Å². The van der Waals surface area contributed by atoms with Gasteiger partial charge in [-0.3, -0.25) is 14.9 Å². The molecule has 1 aliphatic rings. The summed E-state index contributed by atoms with van der Waals surface area (Å²) < 4.78 is 0. The summed E-state index contributed by atoms with van der Waals surface area (Å²) in [7, 11) is 0. The van der Waals surface area contributed by atoms with Crippen molar-refractivity contribution in [2.24, 2.45) is 0 Å². The van der Waals surface area contributed by atoms with Crippen molar-refractivity contribution in [3.8, 4) is 0 Å². The molecule has 0 spiro atoms. The van der Waals surface area contributed by atoms with Crippen molar-refractivity contribution < 1.29 is 9.72 Å². The van der Waals surface area contributed by atoms with E-state index in [4.69, 9.17) is 0 Å². The Morgan fingerprint density at radius 3 is 2.86 bits per heavy atom. The zero-order valence-electron chi connectivity index (χ0n) is 15.4. The van der Waals surface area contributed by atoms with E-state index in [-0.39, 0.29) is 23.0 Å². The summed E-state index contributed by atoms with van der Waals surface area (Å²) in [6.07, 6.45) is 4.78. The maximum absolute atomic E-state index is 12.5. The van der Waals surface area contributed by atoms with Crippen molar-refractivity contribution in [2.75, 3.05) is 11.1 Å². The number of hydrogen-bond acceptors (Lipinski definition) is 7. The van der Waals surface area contributed by atoms with E-state index < -0.39 is 4.92 Å². The standard InChI is InChI=1S/C19H18N4O3S2/c1-10-6-13(14(23(25)26)7-11(10)2)22-16(24)8-27-18-17-12-4-3-5-15(12)28-19(17)21-9-20-18/h6-7,9H,3-5,8H2,1-2H3,(H,22,24). The van der Waals surface area contributed by atoms with Gasteiger partial charge in [0.1, 0.15) is 21.9 Å². The number of carbonyl (C=O) groups is 1. The molecular formula is C19H18N4O3S2. The van der Waals surface area contributed by atoms with Crippen molar-refractivity contribution in [2.45, 2.75) is 38.1 Å². The first-order chi connectivity index (χ1) is 13.4. The lowest BCUT2D eigenvalue weighted by Gasteiger charge is -2.09. The Bertz CT molecular complexity index is 1110. The van der Waals surface area contributed by atoms with Crippen LogP contribution in [0.3, 0.4) is 0 Å². The molecule has 0 radical (unpaired) electrons. The number of nitrogens with one attached hydrogen (secondary N) is 1. The van der Waals surface area contributed by atoms with Gasteiger partial charge in [0.15, 0.2) is 0 Å². The van der Waals surface area contributed by atoms with Crippen molar-refractivity contribution in [3.05, 3.63) is 50.1 Å². The van der Waals surface area contributed by atoms with E-state index in [9.17, 15) is 14.9 Å². The van der Waals surface area contributed by atoms with Gasteiger partial charge >= 0.3 is 0 Å². The first kappa shape index (κ1) is 18.8. The molecule has 0 saturated heterocycles. The fourth-order valence-electron chi connectivity index (χ4n) is 3.38. The van der Waals surface area contributed by atoms with E-state index in [2.05, 4.69) is 15.3 Å². The summed E-state index contributed by atoms with van der Waals surface area (Å²) in [5.74, 6) is -0.171. The quantitative estimate of drug-likeness (QED) is 0.287. The van der Waals surface area contributed by atoms with Crippen molar-refractivity contribution >= 4 is 50.6 Å². The van der Waals surface area contributed by atoms with Crippen LogP contribution in [0.2, 0.25) is 0 Å². The highest BCUT2D eigenvalue weighted by molar-refractivity contribution is 8.00. The second-order valence-electron chi connectivity index (χ2n) is 6.76. The van der Waals surface area contributed by atoms with Gasteiger partial charge in [0.05, 0.1) is 10.7 Å². The highest BCUT2D eigenvalue weighted by Crippen LogP contribution is 2.40. The van der Waals surface area contributed by atoms with Gasteiger partial charge in [0.2, 0.25) is 5.91 Å². The number of carbonyl (C=O) groups excluding carboxylic acids is 1. The lowest BCUT2D eigenvalue weighted by Crippen LogP contribution is -2.15. The van der Waals surface area contributed by atoms with E-state index in [0.717, 1.165) is 45.6 Å². The Morgan fingerprint density at radius 1 is 1.29 bits per heavy atom. The third kappa shape index (κ3) is 3.47. The molecule has 0 atom stereocenters. The molecular weight excluding hydrogens is 396 g/mol. The molecule has 3 aromatic rings. The first-order valence-electron chi connectivity index (χ1n) is 8.87. The van der Waals surface area contributed by atoms with Crippen LogP contribution in [0.15, 0.2) is 23.5 Å². The molecule has 2 aromatic heterocycles. The van der Waals surface area contributed by atoms with Crippen LogP contribution in [0.5, 0.6) is 0 Å². The molecule has 0 fully saturated rings. The lowest BCUT2D eigenvalue weighted by atomic mass is 10.1. The summed E-state index contributed by atoms with van der Waals surface area (Å²) in [6, 6.07) is 3.13. The van der Waals surface area contributed by atoms with Gasteiger partial charge in [0.25, 0.3) is 5.69 Å². The molecule has 0 unspecified atom stereocenters. The third-order valence-electron chi connectivity index (χ3n) is 4.89. The molecule has 9 heteroatoms. The number of nitro groups is 1. The number of rotatable bonds is 5. The minimum absolute atomic E-state index is 0.0958. The van der Waals surface area contributed by atoms with Crippen LogP contribution in [0, 0.1) is 24.0 Å². The summed E-state index contributed by atoms with van der Waals surface area (Å²) in [6.45, 7) is 3.67. The molecule has 7 nitrogen and oxygen atoms in total. The number of thioether (sulfide) groups is 1. The number of aromatic nitrogens is 2. The second kappa shape index (κ2) is 7.48. The average molecular weight is 415 g/mol. The second-order valence-corrected chi connectivity index (χ2v) is 8.81. The fourth-order valence-corrected chi connectivity index (χ4v) is 5.50. The molecule has 4 rings (SSSR count). The first-order valence-corrected chi connectivity index (χ1v) is 10.7. The SMILES string of the molecule is Cc1cc(NC(=O)CSc2ncnc3sc4c(c23)CCC4)c([N+](=O)[O-])cc1C. The summed E-state index contributed by atoms with van der Waals surface area (Å²) in [4.78, 5) is 34.4. The van der Waals surface area contributed by atoms with E-state index in [1.54, 1.807) is 17.4 Å². The summed E-state index contributed by atoms with van der Waals surface area (Å²) >= 11 is 3.05. The van der Waals surface area contributed by atoms with Crippen LogP contribution >= 0.6 is 23.1 Å². The van der Waals surface area contributed by atoms with Gasteiger partial charge in [-0.1, -0.05) is 11.8 Å². The molecule has 0 saturated carbocycles. The number of thiophene rings is 1. The molecule has 28 heavy (non-hydrogen) atoms. The number of hydrogen-bond donors (Lipinski definition) is 1. The monoisotopic (exact) mass is 414 g/mol. The Balaban J connectivity index is 1.53. The Kier molecular flexibility index (Phi) is 5.03. The highest BCUT2D eigenvalue weighted by atomic mass is 32.2. The van der Waals surface area contributed by atoms with Gasteiger partial charge in [-0.25, -0.2) is 9.97 Å². The van der Waals surface area contributed by atoms with Gasteiger partial charge in [-0.2, -0.15) is 0 Å². The summed E-state index contributed by atoms with van der Waals surface area (Å²) in [5, 5.41) is 15.9. The Hall–Kier alpha value is -2.52. The third-order valence-corrected chi connectivity index (χ3v) is 7.08. The summed E-state index contributed by atoms with van der Waals surface area (Å²) in [5.41, 5.74) is 3.14. The largest absolute Gasteiger partial charge is 0.320 e. The zero-order valence-corrected chi connectivity index (χ0v) is 17.1. The number of nitrogens with zero attached hydrogens (tertiary/aromatic N) is 3. The Labute approximate surface area is 169 Å². The number of fused-ring (bicyclic) bond motifs is 3. The molecule has 2 heterocycles. The van der Waals surface area contributed by atoms with E-state index in [1.807, 2.05) is 13.8 Å². The maximum Gasteiger partial charge on any atom is 0.293 e. The zero-order chi connectivity index (χ0) is 19.8. The number of benzene rings is 1. The van der Waals surface area contributed by atoms with Crippen LogP contribution in [-0.4, -0.2) is 26.6 Å². The lowest BCUT2D eigenvalue weighted by molar-refractivity contribution is -0.384. The normalized spacial score (nSPS) is 12.9. The van der Waals surface area contributed by atoms with E-state index >= 15 is 0 Å². The molecule has 1 aromatic carbocycles. The van der Waals surface area contributed by atoms with Crippen molar-refractivity contribution in [1.82, 2.24) is 9.97 Å². The minimum atomic E-state index is -0.474. The number of nitro benzene ring substituents is 1. The molecule has 1 aliphatic carbocycles. The molecule has 0 bridgehead atoms. The van der Waals surface area contributed by atoms with Gasteiger partial charge < -0.3 is 5.32 Å². The van der Waals surface area contributed by atoms with Crippen LogP contribution in [-0.2, 0) is 17.6 Å². The highest BCUT2D eigenvalue weighted by Gasteiger charge is 2.22. The number of aryl methyl sites for hydroxylation is 4. The molecule has 144 valence electrons. The Morgan fingerprint density at radius 2 is 2.07 bits per heavy atom. The van der Waals surface area contributed by atoms with Crippen molar-refractivity contribution in [3.63, 3.8) is 0 Å². The average Bonchev–Trinajstić information content (AvgIpc) is 3.23. The molecule has 1 N–H and O–H groups in total. The predicted molar refractivity (Wildman–Crippen MR) is 111 cm³/mol. The minimum Gasteiger partial charge on any atom is -0.320 e. The van der Waals surface area contributed by atoms with Gasteiger partial charge in [-0.05, 0) is 55.9 Å². The van der Waals surface area contributed by atoms with E-state index in [1.165, 1.54) is 34.6 Å². The van der Waals surface area contributed by atoms with Gasteiger partial charge in [0, 0.05) is 16.3 Å². The maximum atomic E-state index is 12.5. The fraction of sp³-hybridized carbons (Fsp3) is 0.316. The van der Waals surface area contributed by atoms with Crippen LogP contribution in [0.25, 0.3) is 10.2 Å². The van der Waals surface area contributed by atoms with Crippen LogP contribution in [0.1, 0.15) is 28.0 Å². The number of anilines is 1. The topological polar surface area (TPSA) is 98.0 Å². The van der Waals surface area contributed by atoms with Gasteiger partial charge in [-0.15, -0.1) is 11.3 Å². The van der Waals surface area contributed by atoms with E-state index in [0.29, 0.717) is 0 Å². The number of amides is 1. The predicted octanol–water partition coefficient (Wildman–Crippen LogP) is 4.44. The molecule has 1 amide bonds. The smallest absolute Gasteiger partial charge is 0.293 e.